The van der Waals surface area contributed by atoms with E-state index >= 15 is 0 Å². The van der Waals surface area contributed by atoms with Gasteiger partial charge in [-0.15, -0.1) is 0 Å². The lowest BCUT2D eigenvalue weighted by Crippen LogP contribution is -2.45. The van der Waals surface area contributed by atoms with E-state index in [1.165, 1.54) is 4.68 Å². The summed E-state index contributed by atoms with van der Waals surface area (Å²) < 4.78 is 6.56. The molecule has 1 atom stereocenters. The Bertz CT molecular complexity index is 741. The van der Waals surface area contributed by atoms with E-state index in [0.717, 1.165) is 18.2 Å². The Morgan fingerprint density at radius 3 is 3.05 bits per heavy atom. The van der Waals surface area contributed by atoms with Gasteiger partial charge >= 0.3 is 0 Å². The monoisotopic (exact) mass is 301 g/mol. The zero-order valence-electron chi connectivity index (χ0n) is 12.6. The van der Waals surface area contributed by atoms with Gasteiger partial charge in [-0.3, -0.25) is 9.59 Å². The third kappa shape index (κ3) is 2.87. The quantitative estimate of drug-likeness (QED) is 0.849. The van der Waals surface area contributed by atoms with Gasteiger partial charge in [0.05, 0.1) is 17.7 Å². The van der Waals surface area contributed by atoms with Crippen molar-refractivity contribution in [2.45, 2.75) is 25.5 Å². The summed E-state index contributed by atoms with van der Waals surface area (Å²) in [5, 5.41) is 5.47. The van der Waals surface area contributed by atoms with Gasteiger partial charge in [0, 0.05) is 25.6 Å². The highest BCUT2D eigenvalue weighted by Gasteiger charge is 2.24. The molecule has 0 unspecified atom stereocenters. The Hall–Kier alpha value is -2.21. The highest BCUT2D eigenvalue weighted by Crippen LogP contribution is 2.13. The van der Waals surface area contributed by atoms with Gasteiger partial charge in [-0.2, -0.15) is 5.10 Å². The lowest BCUT2D eigenvalue weighted by atomic mass is 10.1. The summed E-state index contributed by atoms with van der Waals surface area (Å²) in [5.41, 5.74) is -0.230. The molecule has 1 aromatic heterocycles. The van der Waals surface area contributed by atoms with E-state index in [1.54, 1.807) is 24.3 Å². The van der Waals surface area contributed by atoms with E-state index in [1.807, 2.05) is 18.2 Å². The molecule has 6 heteroatoms. The van der Waals surface area contributed by atoms with Crippen LogP contribution in [-0.4, -0.2) is 46.9 Å². The maximum Gasteiger partial charge on any atom is 0.275 e. The Labute approximate surface area is 128 Å². The average molecular weight is 301 g/mol. The van der Waals surface area contributed by atoms with Gasteiger partial charge in [-0.1, -0.05) is 18.2 Å². The van der Waals surface area contributed by atoms with Crippen LogP contribution in [0.25, 0.3) is 10.8 Å². The van der Waals surface area contributed by atoms with Crippen LogP contribution in [0.1, 0.15) is 12.8 Å². The minimum absolute atomic E-state index is 0.0277. The van der Waals surface area contributed by atoms with Crippen molar-refractivity contribution in [3.8, 4) is 0 Å². The topological polar surface area (TPSA) is 64.4 Å². The maximum atomic E-state index is 12.4. The molecule has 22 heavy (non-hydrogen) atoms. The molecular weight excluding hydrogens is 282 g/mol. The van der Waals surface area contributed by atoms with Gasteiger partial charge in [0.2, 0.25) is 5.91 Å². The van der Waals surface area contributed by atoms with Crippen molar-refractivity contribution in [3.63, 3.8) is 0 Å². The lowest BCUT2D eigenvalue weighted by Gasteiger charge is -2.31. The third-order valence-corrected chi connectivity index (χ3v) is 4.11. The summed E-state index contributed by atoms with van der Waals surface area (Å²) in [5.74, 6) is -0.0911. The summed E-state index contributed by atoms with van der Waals surface area (Å²) in [6.07, 6.45) is 3.59. The zero-order valence-corrected chi connectivity index (χ0v) is 12.6. The fourth-order valence-electron chi connectivity index (χ4n) is 2.83. The first-order chi connectivity index (χ1) is 10.7. The highest BCUT2D eigenvalue weighted by molar-refractivity contribution is 5.81. The van der Waals surface area contributed by atoms with Crippen molar-refractivity contribution in [2.24, 2.45) is 0 Å². The predicted octanol–water partition coefficient (Wildman–Crippen LogP) is 1.03. The summed E-state index contributed by atoms with van der Waals surface area (Å²) >= 11 is 0. The van der Waals surface area contributed by atoms with Crippen molar-refractivity contribution >= 4 is 16.7 Å². The van der Waals surface area contributed by atoms with Crippen molar-refractivity contribution in [1.82, 2.24) is 14.7 Å². The number of aromatic nitrogens is 2. The summed E-state index contributed by atoms with van der Waals surface area (Å²) in [4.78, 5) is 26.5. The molecule has 0 radical (unpaired) electrons. The van der Waals surface area contributed by atoms with Gasteiger partial charge in [-0.25, -0.2) is 4.68 Å². The number of ether oxygens (including phenoxy) is 1. The van der Waals surface area contributed by atoms with Crippen LogP contribution in [0.5, 0.6) is 0 Å². The fourth-order valence-corrected chi connectivity index (χ4v) is 2.83. The second-order valence-electron chi connectivity index (χ2n) is 5.53. The largest absolute Gasteiger partial charge is 0.380 e. The van der Waals surface area contributed by atoms with Crippen molar-refractivity contribution in [1.29, 1.82) is 0 Å². The van der Waals surface area contributed by atoms with Crippen LogP contribution in [0.3, 0.4) is 0 Å². The number of fused-ring (bicyclic) bond motifs is 1. The molecule has 0 N–H and O–H groups in total. The highest BCUT2D eigenvalue weighted by atomic mass is 16.5. The molecule has 6 nitrogen and oxygen atoms in total. The van der Waals surface area contributed by atoms with E-state index in [-0.39, 0.29) is 24.1 Å². The normalized spacial score (nSPS) is 18.6. The van der Waals surface area contributed by atoms with Crippen molar-refractivity contribution < 1.29 is 9.53 Å². The Morgan fingerprint density at radius 1 is 1.41 bits per heavy atom. The molecule has 116 valence electrons. The first-order valence-electron chi connectivity index (χ1n) is 7.44. The predicted molar refractivity (Wildman–Crippen MR) is 82.6 cm³/mol. The molecule has 1 fully saturated rings. The minimum atomic E-state index is -0.230. The van der Waals surface area contributed by atoms with Gasteiger partial charge in [0.1, 0.15) is 6.54 Å². The van der Waals surface area contributed by atoms with Crippen LogP contribution < -0.4 is 5.56 Å². The number of benzene rings is 1. The molecule has 1 aromatic carbocycles. The molecule has 3 rings (SSSR count). The second-order valence-corrected chi connectivity index (χ2v) is 5.53. The average Bonchev–Trinajstić information content (AvgIpc) is 2.57. The van der Waals surface area contributed by atoms with E-state index in [2.05, 4.69) is 5.10 Å². The number of methoxy groups -OCH3 is 1. The van der Waals surface area contributed by atoms with E-state index < -0.39 is 0 Å². The fraction of sp³-hybridized carbons (Fsp3) is 0.438. The van der Waals surface area contributed by atoms with Crippen molar-refractivity contribution in [3.05, 3.63) is 40.8 Å². The van der Waals surface area contributed by atoms with Gasteiger partial charge < -0.3 is 9.64 Å². The van der Waals surface area contributed by atoms with E-state index in [0.29, 0.717) is 18.5 Å². The molecule has 2 aromatic rings. The molecule has 0 spiro atoms. The number of hydrogen-bond donors (Lipinski definition) is 0. The third-order valence-electron chi connectivity index (χ3n) is 4.11. The number of rotatable bonds is 3. The maximum absolute atomic E-state index is 12.4. The number of piperidine rings is 1. The number of nitrogens with zero attached hydrogens (tertiary/aromatic N) is 3. The van der Waals surface area contributed by atoms with Crippen LogP contribution in [0, 0.1) is 0 Å². The van der Waals surface area contributed by atoms with Crippen LogP contribution in [0.15, 0.2) is 35.3 Å². The molecule has 0 saturated carbocycles. The number of carbonyl (C=O) groups excluding carboxylic acids is 1. The smallest absolute Gasteiger partial charge is 0.275 e. The van der Waals surface area contributed by atoms with E-state index in [4.69, 9.17) is 4.74 Å². The number of amides is 1. The first-order valence-corrected chi connectivity index (χ1v) is 7.44. The SMILES string of the molecule is CO[C@H]1CCCN(C(=O)Cn2ncc3ccccc3c2=O)C1. The zero-order chi connectivity index (χ0) is 15.5. The molecule has 1 saturated heterocycles. The molecule has 1 aliphatic rings. The van der Waals surface area contributed by atoms with Crippen LogP contribution in [-0.2, 0) is 16.1 Å². The standard InChI is InChI=1S/C16H19N3O3/c1-22-13-6-4-8-18(10-13)15(20)11-19-16(21)14-7-3-2-5-12(14)9-17-19/h2-3,5,7,9,13H,4,6,8,10-11H2,1H3/t13-/m0/s1. The summed E-state index contributed by atoms with van der Waals surface area (Å²) in [7, 11) is 1.66. The van der Waals surface area contributed by atoms with E-state index in [9.17, 15) is 9.59 Å². The minimum Gasteiger partial charge on any atom is -0.380 e. The number of hydrogen-bond acceptors (Lipinski definition) is 4. The van der Waals surface area contributed by atoms with Gasteiger partial charge in [0.25, 0.3) is 5.56 Å². The second kappa shape index (κ2) is 6.27. The molecule has 1 amide bonds. The molecular formula is C16H19N3O3. The van der Waals surface area contributed by atoms with Gasteiger partial charge in [0.15, 0.2) is 0 Å². The Kier molecular flexibility index (Phi) is 4.20. The van der Waals surface area contributed by atoms with Crippen molar-refractivity contribution in [2.75, 3.05) is 20.2 Å². The first kappa shape index (κ1) is 14.7. The number of carbonyl (C=O) groups is 1. The number of likely N-dealkylation sites (tertiary alicyclic amines) is 1. The van der Waals surface area contributed by atoms with Crippen LogP contribution >= 0.6 is 0 Å². The molecule has 2 heterocycles. The molecule has 0 bridgehead atoms. The van der Waals surface area contributed by atoms with Crippen LogP contribution in [0.4, 0.5) is 0 Å². The van der Waals surface area contributed by atoms with Gasteiger partial charge in [-0.05, 0) is 18.9 Å². The Balaban J connectivity index is 1.79. The summed E-state index contributed by atoms with van der Waals surface area (Å²) in [6.45, 7) is 1.26. The lowest BCUT2D eigenvalue weighted by molar-refractivity contribution is -0.135. The Morgan fingerprint density at radius 2 is 2.23 bits per heavy atom. The van der Waals surface area contributed by atoms with Crippen LogP contribution in [0.2, 0.25) is 0 Å². The summed E-state index contributed by atoms with van der Waals surface area (Å²) in [6, 6.07) is 7.26. The molecule has 0 aliphatic carbocycles. The molecule has 1 aliphatic heterocycles.